The van der Waals surface area contributed by atoms with Crippen LogP contribution in [0, 0.1) is 0 Å². The topological polar surface area (TPSA) is 207 Å². The van der Waals surface area contributed by atoms with E-state index in [-0.39, 0.29) is 18.3 Å². The van der Waals surface area contributed by atoms with Gasteiger partial charge in [-0.15, -0.1) is 0 Å². The Balaban J connectivity index is 1.13. The fourth-order valence-corrected chi connectivity index (χ4v) is 5.30. The van der Waals surface area contributed by atoms with E-state index in [4.69, 9.17) is 10.5 Å². The molecule has 7 N–H and O–H groups in total. The van der Waals surface area contributed by atoms with Gasteiger partial charge in [0.2, 0.25) is 5.91 Å². The van der Waals surface area contributed by atoms with E-state index in [1.54, 1.807) is 18.2 Å². The number of carbonyl (C=O) groups excluding carboxylic acids is 3. The molecule has 0 bridgehead atoms. The van der Waals surface area contributed by atoms with Crippen molar-refractivity contribution in [3.05, 3.63) is 53.1 Å². The number of hydrogen-bond donors (Lipinski definition) is 6. The highest BCUT2D eigenvalue weighted by atomic mass is 16.6. The summed E-state index contributed by atoms with van der Waals surface area (Å²) in [6.45, 7) is 0.221. The Morgan fingerprint density at radius 1 is 1.13 bits per heavy atom. The minimum absolute atomic E-state index is 0.102. The molecule has 14 heteroatoms. The highest BCUT2D eigenvalue weighted by molar-refractivity contribution is 6.11. The Labute approximate surface area is 221 Å². The Hall–Kier alpha value is -4.40. The monoisotopic (exact) mass is 534 g/mol. The summed E-state index contributed by atoms with van der Waals surface area (Å²) in [7, 11) is 0. The molecule has 0 spiro atoms. The number of aromatic nitrogens is 4. The number of anilines is 2. The molecule has 0 saturated carbocycles. The van der Waals surface area contributed by atoms with Gasteiger partial charge < -0.3 is 36.6 Å². The lowest BCUT2D eigenvalue weighted by molar-refractivity contribution is -0.119. The number of carbonyl (C=O) groups is 3. The van der Waals surface area contributed by atoms with Gasteiger partial charge in [-0.1, -0.05) is 6.07 Å². The van der Waals surface area contributed by atoms with E-state index in [1.165, 1.54) is 17.2 Å². The maximum atomic E-state index is 13.1. The van der Waals surface area contributed by atoms with Crippen molar-refractivity contribution < 1.29 is 29.3 Å². The van der Waals surface area contributed by atoms with E-state index in [2.05, 4.69) is 30.9 Å². The van der Waals surface area contributed by atoms with E-state index >= 15 is 0 Å². The van der Waals surface area contributed by atoms with Crippen LogP contribution < -0.4 is 21.7 Å². The highest BCUT2D eigenvalue weighted by Crippen LogP contribution is 2.33. The summed E-state index contributed by atoms with van der Waals surface area (Å²) in [6.07, 6.45) is -0.420. The molecule has 3 amide bonds. The molecule has 2 aromatic heterocycles. The molecule has 4 atom stereocenters. The number of amides is 3. The standard InChI is InChI=1S/C25H26N8O6/c26-20-17-21(30-9-29-20)33(10-31-17)25-19(35)18(34)16(39-25)8-28-22(36)11-3-1-4-12(11)24(38)32-15-6-2-5-13-14(15)7-27-23(13)37/h2,5-6,9-10,16,18-19,25,34-35H,1,3-4,7-8H2,(H,27,37)(H,28,36)(H,32,38)(H2,26,29,30)/t16?,18-,19-,25-/m1/s1. The van der Waals surface area contributed by atoms with Crippen molar-refractivity contribution in [2.45, 2.75) is 50.3 Å². The summed E-state index contributed by atoms with van der Waals surface area (Å²) in [5.41, 5.74) is 8.97. The second kappa shape index (κ2) is 9.72. The minimum Gasteiger partial charge on any atom is -0.387 e. The van der Waals surface area contributed by atoms with Gasteiger partial charge in [-0.2, -0.15) is 0 Å². The maximum absolute atomic E-state index is 13.1. The Morgan fingerprint density at radius 2 is 1.92 bits per heavy atom. The first-order valence-electron chi connectivity index (χ1n) is 12.5. The average Bonchev–Trinajstić information content (AvgIpc) is 3.71. The molecule has 6 rings (SSSR count). The lowest BCUT2D eigenvalue weighted by Crippen LogP contribution is -2.40. The summed E-state index contributed by atoms with van der Waals surface area (Å²) < 4.78 is 7.33. The summed E-state index contributed by atoms with van der Waals surface area (Å²) in [6, 6.07) is 5.11. The zero-order chi connectivity index (χ0) is 27.3. The number of ether oxygens (including phenoxy) is 1. The maximum Gasteiger partial charge on any atom is 0.252 e. The number of fused-ring (bicyclic) bond motifs is 2. The third-order valence-corrected chi connectivity index (χ3v) is 7.32. The van der Waals surface area contributed by atoms with Crippen molar-refractivity contribution in [2.24, 2.45) is 0 Å². The lowest BCUT2D eigenvalue weighted by Gasteiger charge is -2.17. The molecule has 3 aromatic rings. The van der Waals surface area contributed by atoms with Crippen molar-refractivity contribution in [1.82, 2.24) is 30.2 Å². The predicted molar refractivity (Wildman–Crippen MR) is 136 cm³/mol. The number of nitrogens with one attached hydrogen (secondary N) is 3. The van der Waals surface area contributed by atoms with Crippen molar-refractivity contribution in [3.63, 3.8) is 0 Å². The van der Waals surface area contributed by atoms with Crippen LogP contribution in [0.1, 0.15) is 41.4 Å². The molecule has 1 fully saturated rings. The number of aliphatic hydroxyl groups is 2. The second-order valence-electron chi connectivity index (χ2n) is 9.62. The van der Waals surface area contributed by atoms with E-state index < -0.39 is 36.4 Å². The molecule has 1 aliphatic carbocycles. The second-order valence-corrected chi connectivity index (χ2v) is 9.62. The first-order valence-corrected chi connectivity index (χ1v) is 12.5. The van der Waals surface area contributed by atoms with Crippen LogP contribution in [0.2, 0.25) is 0 Å². The van der Waals surface area contributed by atoms with Gasteiger partial charge >= 0.3 is 0 Å². The molecule has 1 unspecified atom stereocenters. The average molecular weight is 535 g/mol. The molecule has 0 radical (unpaired) electrons. The predicted octanol–water partition coefficient (Wildman–Crippen LogP) is -0.493. The van der Waals surface area contributed by atoms with E-state index in [1.807, 2.05) is 0 Å². The number of imidazole rings is 1. The minimum atomic E-state index is -1.32. The van der Waals surface area contributed by atoms with Crippen molar-refractivity contribution in [2.75, 3.05) is 17.6 Å². The van der Waals surface area contributed by atoms with Gasteiger partial charge in [0.25, 0.3) is 11.8 Å². The molecule has 4 heterocycles. The quantitative estimate of drug-likeness (QED) is 0.239. The molecule has 202 valence electrons. The highest BCUT2D eigenvalue weighted by Gasteiger charge is 2.44. The fraction of sp³-hybridized carbons (Fsp3) is 0.360. The van der Waals surface area contributed by atoms with Crippen LogP contribution in [-0.2, 0) is 20.9 Å². The fourth-order valence-electron chi connectivity index (χ4n) is 5.30. The van der Waals surface area contributed by atoms with Crippen LogP contribution in [-0.4, -0.2) is 72.3 Å². The van der Waals surface area contributed by atoms with Gasteiger partial charge in [-0.05, 0) is 31.4 Å². The van der Waals surface area contributed by atoms with Crippen LogP contribution in [0.4, 0.5) is 11.5 Å². The summed E-state index contributed by atoms with van der Waals surface area (Å²) in [4.78, 5) is 50.3. The number of nitrogens with zero attached hydrogens (tertiary/aromatic N) is 4. The normalized spacial score (nSPS) is 24.2. The first-order chi connectivity index (χ1) is 18.8. The Bertz CT molecular complexity index is 1530. The van der Waals surface area contributed by atoms with Crippen LogP contribution in [0.5, 0.6) is 0 Å². The third kappa shape index (κ3) is 4.27. The number of rotatable bonds is 6. The van der Waals surface area contributed by atoms with Crippen molar-refractivity contribution in [1.29, 1.82) is 0 Å². The SMILES string of the molecule is Nc1ncnc2c1ncn2[C@@H]1OC(CNC(=O)C2=C(C(=O)Nc3cccc4c3CNC4=O)CCC2)[C@@H](O)[C@H]1O. The Morgan fingerprint density at radius 3 is 2.74 bits per heavy atom. The van der Waals surface area contributed by atoms with Gasteiger partial charge in [0.15, 0.2) is 17.7 Å². The number of benzene rings is 1. The molecule has 39 heavy (non-hydrogen) atoms. The van der Waals surface area contributed by atoms with Crippen LogP contribution in [0.3, 0.4) is 0 Å². The summed E-state index contributed by atoms with van der Waals surface area (Å²) in [5.74, 6) is -0.868. The molecule has 14 nitrogen and oxygen atoms in total. The number of nitrogen functional groups attached to an aromatic ring is 1. The summed E-state index contributed by atoms with van der Waals surface area (Å²) >= 11 is 0. The number of aliphatic hydroxyl groups excluding tert-OH is 2. The largest absolute Gasteiger partial charge is 0.387 e. The lowest BCUT2D eigenvalue weighted by atomic mass is 10.1. The van der Waals surface area contributed by atoms with E-state index in [9.17, 15) is 24.6 Å². The van der Waals surface area contributed by atoms with Crippen LogP contribution in [0.25, 0.3) is 11.2 Å². The summed E-state index contributed by atoms with van der Waals surface area (Å²) in [5, 5.41) is 29.6. The van der Waals surface area contributed by atoms with Crippen LogP contribution >= 0.6 is 0 Å². The Kier molecular flexibility index (Phi) is 6.21. The third-order valence-electron chi connectivity index (χ3n) is 7.32. The van der Waals surface area contributed by atoms with Gasteiger partial charge in [0.1, 0.15) is 30.2 Å². The molecule has 1 aromatic carbocycles. The van der Waals surface area contributed by atoms with Gasteiger partial charge in [-0.25, -0.2) is 15.0 Å². The molecular weight excluding hydrogens is 508 g/mol. The van der Waals surface area contributed by atoms with E-state index in [0.29, 0.717) is 64.9 Å². The van der Waals surface area contributed by atoms with E-state index in [0.717, 1.165) is 0 Å². The zero-order valence-electron chi connectivity index (χ0n) is 20.6. The molecule has 3 aliphatic rings. The molecular formula is C25H26N8O6. The molecule has 2 aliphatic heterocycles. The molecule has 1 saturated heterocycles. The van der Waals surface area contributed by atoms with Gasteiger partial charge in [-0.3, -0.25) is 19.0 Å². The van der Waals surface area contributed by atoms with Crippen molar-refractivity contribution in [3.8, 4) is 0 Å². The van der Waals surface area contributed by atoms with Gasteiger partial charge in [0.05, 0.1) is 6.33 Å². The number of nitrogens with two attached hydrogens (primary N) is 1. The smallest absolute Gasteiger partial charge is 0.252 e. The van der Waals surface area contributed by atoms with Crippen molar-refractivity contribution >= 4 is 40.4 Å². The van der Waals surface area contributed by atoms with Gasteiger partial charge in [0, 0.05) is 41.1 Å². The number of hydrogen-bond acceptors (Lipinski definition) is 10. The zero-order valence-corrected chi connectivity index (χ0v) is 20.6. The van der Waals surface area contributed by atoms with Crippen LogP contribution in [0.15, 0.2) is 42.0 Å². The first kappa shape index (κ1) is 24.9.